The van der Waals surface area contributed by atoms with Crippen LogP contribution in [0.2, 0.25) is 0 Å². The number of alkyl halides is 3. The zero-order chi connectivity index (χ0) is 25.3. The summed E-state index contributed by atoms with van der Waals surface area (Å²) in [6.07, 6.45) is -7.29. The molecule has 1 heterocycles. The normalized spacial score (nSPS) is 14.5. The number of benzene rings is 2. The number of nitrogens with zero attached hydrogens (tertiary/aromatic N) is 2. The molecule has 0 radical (unpaired) electrons. The Balaban J connectivity index is 2.12. The van der Waals surface area contributed by atoms with Crippen LogP contribution in [0.25, 0.3) is 10.9 Å². The van der Waals surface area contributed by atoms with Gasteiger partial charge in [0.05, 0.1) is 18.3 Å². The van der Waals surface area contributed by atoms with Crippen molar-refractivity contribution >= 4 is 22.6 Å². The smallest absolute Gasteiger partial charge is 0.487 e. The number of rotatable bonds is 8. The minimum absolute atomic E-state index is 0.145. The molecule has 0 aliphatic carbocycles. The number of methoxy groups -OCH3 is 1. The van der Waals surface area contributed by atoms with Crippen LogP contribution in [0.5, 0.6) is 5.75 Å². The number of aliphatic hydroxyl groups excluding tert-OH is 1. The van der Waals surface area contributed by atoms with E-state index in [4.69, 9.17) is 4.74 Å². The molecule has 0 aliphatic heterocycles. The SMILES string of the molecule is CCC(C)(CC(O)N(c1cccc2ccc(C(=O)O)nc12)C(F)(F)F)c1cc(F)ccc1OC. The van der Waals surface area contributed by atoms with Crippen LogP contribution in [-0.4, -0.2) is 40.8 Å². The van der Waals surface area contributed by atoms with Crippen molar-refractivity contribution in [2.45, 2.75) is 44.6 Å². The van der Waals surface area contributed by atoms with Crippen molar-refractivity contribution < 1.29 is 37.3 Å². The van der Waals surface area contributed by atoms with E-state index in [0.29, 0.717) is 5.56 Å². The molecule has 2 N–H and O–H groups in total. The van der Waals surface area contributed by atoms with Crippen molar-refractivity contribution in [1.29, 1.82) is 0 Å². The highest BCUT2D eigenvalue weighted by Crippen LogP contribution is 2.42. The monoisotopic (exact) mass is 480 g/mol. The van der Waals surface area contributed by atoms with E-state index in [9.17, 15) is 32.6 Å². The molecule has 0 saturated carbocycles. The predicted molar refractivity (Wildman–Crippen MR) is 118 cm³/mol. The van der Waals surface area contributed by atoms with Crippen LogP contribution in [0.3, 0.4) is 0 Å². The van der Waals surface area contributed by atoms with Crippen LogP contribution in [0.15, 0.2) is 48.5 Å². The number of aromatic nitrogens is 1. The van der Waals surface area contributed by atoms with E-state index in [0.717, 1.165) is 6.07 Å². The molecule has 3 rings (SSSR count). The molecule has 0 aliphatic rings. The number of halogens is 4. The van der Waals surface area contributed by atoms with E-state index < -0.39 is 47.5 Å². The summed E-state index contributed by atoms with van der Waals surface area (Å²) in [6, 6.07) is 10.3. The molecule has 182 valence electrons. The Morgan fingerprint density at radius 1 is 1.18 bits per heavy atom. The predicted octanol–water partition coefficient (Wildman–Crippen LogP) is 5.48. The van der Waals surface area contributed by atoms with Gasteiger partial charge in [0.15, 0.2) is 0 Å². The number of fused-ring (bicyclic) bond motifs is 1. The van der Waals surface area contributed by atoms with Crippen LogP contribution >= 0.6 is 0 Å². The second kappa shape index (κ2) is 9.46. The Hall–Kier alpha value is -3.40. The molecule has 10 heteroatoms. The van der Waals surface area contributed by atoms with E-state index in [2.05, 4.69) is 4.98 Å². The van der Waals surface area contributed by atoms with Gasteiger partial charge in [0.25, 0.3) is 0 Å². The Morgan fingerprint density at radius 3 is 2.47 bits per heavy atom. The first kappa shape index (κ1) is 25.2. The molecule has 2 aromatic carbocycles. The Labute approximate surface area is 193 Å². The number of aliphatic hydroxyl groups is 1. The number of hydrogen-bond acceptors (Lipinski definition) is 5. The van der Waals surface area contributed by atoms with Gasteiger partial charge in [-0.05, 0) is 36.8 Å². The van der Waals surface area contributed by atoms with Crippen molar-refractivity contribution in [2.24, 2.45) is 0 Å². The van der Waals surface area contributed by atoms with Crippen LogP contribution in [0.1, 0.15) is 42.7 Å². The van der Waals surface area contributed by atoms with Gasteiger partial charge < -0.3 is 14.9 Å². The first-order chi connectivity index (χ1) is 15.9. The van der Waals surface area contributed by atoms with Crippen LogP contribution in [0, 0.1) is 5.82 Å². The maximum atomic E-state index is 14.3. The van der Waals surface area contributed by atoms with Gasteiger partial charge in [0.2, 0.25) is 0 Å². The minimum atomic E-state index is -5.03. The zero-order valence-corrected chi connectivity index (χ0v) is 18.7. The summed E-state index contributed by atoms with van der Waals surface area (Å²) in [5.41, 5.74) is -1.92. The molecule has 2 atom stereocenters. The van der Waals surface area contributed by atoms with Crippen molar-refractivity contribution in [3.63, 3.8) is 0 Å². The molecule has 0 spiro atoms. The van der Waals surface area contributed by atoms with Gasteiger partial charge in [0, 0.05) is 22.8 Å². The average molecular weight is 480 g/mol. The molecular weight excluding hydrogens is 456 g/mol. The second-order valence-corrected chi connectivity index (χ2v) is 8.13. The Morgan fingerprint density at radius 2 is 1.88 bits per heavy atom. The number of carbonyl (C=O) groups is 1. The molecule has 0 amide bonds. The van der Waals surface area contributed by atoms with Gasteiger partial charge >= 0.3 is 12.3 Å². The molecule has 0 fully saturated rings. The second-order valence-electron chi connectivity index (χ2n) is 8.13. The van der Waals surface area contributed by atoms with E-state index in [1.807, 2.05) is 0 Å². The summed E-state index contributed by atoms with van der Waals surface area (Å²) in [5, 5.41) is 20.4. The summed E-state index contributed by atoms with van der Waals surface area (Å²) in [5.74, 6) is -1.70. The maximum Gasteiger partial charge on any atom is 0.487 e. The highest BCUT2D eigenvalue weighted by atomic mass is 19.4. The lowest BCUT2D eigenvalue weighted by molar-refractivity contribution is -0.151. The largest absolute Gasteiger partial charge is 0.496 e. The maximum absolute atomic E-state index is 14.3. The van der Waals surface area contributed by atoms with Crippen LogP contribution in [0.4, 0.5) is 23.2 Å². The number of pyridine rings is 1. The van der Waals surface area contributed by atoms with E-state index >= 15 is 0 Å². The lowest BCUT2D eigenvalue weighted by Crippen LogP contribution is -2.48. The summed E-state index contributed by atoms with van der Waals surface area (Å²) in [6.45, 7) is 3.33. The van der Waals surface area contributed by atoms with E-state index in [-0.39, 0.29) is 28.0 Å². The first-order valence-corrected chi connectivity index (χ1v) is 10.4. The minimum Gasteiger partial charge on any atom is -0.496 e. The fourth-order valence-electron chi connectivity index (χ4n) is 4.00. The van der Waals surface area contributed by atoms with Gasteiger partial charge in [0.1, 0.15) is 23.5 Å². The first-order valence-electron chi connectivity index (χ1n) is 10.4. The zero-order valence-electron chi connectivity index (χ0n) is 18.7. The molecule has 6 nitrogen and oxygen atoms in total. The lowest BCUT2D eigenvalue weighted by atomic mass is 9.76. The highest BCUT2D eigenvalue weighted by molar-refractivity contribution is 5.95. The molecule has 0 bridgehead atoms. The Bertz CT molecular complexity index is 1200. The van der Waals surface area contributed by atoms with Gasteiger partial charge in [-0.2, -0.15) is 0 Å². The summed E-state index contributed by atoms with van der Waals surface area (Å²) < 4.78 is 62.1. The van der Waals surface area contributed by atoms with E-state index in [1.54, 1.807) is 13.8 Å². The molecule has 2 unspecified atom stereocenters. The lowest BCUT2D eigenvalue weighted by Gasteiger charge is -2.38. The number of para-hydroxylation sites is 1. The van der Waals surface area contributed by atoms with Crippen molar-refractivity contribution in [3.05, 3.63) is 65.6 Å². The van der Waals surface area contributed by atoms with Crippen LogP contribution in [-0.2, 0) is 5.41 Å². The fourth-order valence-corrected chi connectivity index (χ4v) is 4.00. The fraction of sp³-hybridized carbons (Fsp3) is 0.333. The molecule has 1 aromatic heterocycles. The number of hydrogen-bond donors (Lipinski definition) is 2. The van der Waals surface area contributed by atoms with Gasteiger partial charge in [-0.1, -0.05) is 32.0 Å². The molecule has 34 heavy (non-hydrogen) atoms. The standard InChI is InChI=1S/C24H24F4N2O4/c1-4-23(2,16-12-15(25)9-11-19(16)34-3)13-20(31)30(24(26,27)28)18-7-5-6-14-8-10-17(22(32)33)29-21(14)18/h5-12,20,31H,4,13H2,1-3H3,(H,32,33). The van der Waals surface area contributed by atoms with Gasteiger partial charge in [-0.25, -0.2) is 14.2 Å². The number of carboxylic acids is 1. The van der Waals surface area contributed by atoms with Crippen molar-refractivity contribution in [2.75, 3.05) is 12.0 Å². The molecular formula is C24H24F4N2O4. The summed E-state index contributed by atoms with van der Waals surface area (Å²) >= 11 is 0. The number of anilines is 1. The van der Waals surface area contributed by atoms with E-state index in [1.165, 1.54) is 49.6 Å². The topological polar surface area (TPSA) is 82.9 Å². The average Bonchev–Trinajstić information content (AvgIpc) is 2.77. The molecule has 0 saturated heterocycles. The number of ether oxygens (including phenoxy) is 1. The molecule has 3 aromatic rings. The van der Waals surface area contributed by atoms with Crippen molar-refractivity contribution in [1.82, 2.24) is 4.98 Å². The van der Waals surface area contributed by atoms with Crippen molar-refractivity contribution in [3.8, 4) is 5.75 Å². The third kappa shape index (κ3) is 4.91. The van der Waals surface area contributed by atoms with Gasteiger partial charge in [-0.3, -0.25) is 4.90 Å². The third-order valence-electron chi connectivity index (χ3n) is 5.97. The Kier molecular flexibility index (Phi) is 7.02. The number of aromatic carboxylic acids is 1. The third-order valence-corrected chi connectivity index (χ3v) is 5.97. The highest BCUT2D eigenvalue weighted by Gasteiger charge is 2.45. The van der Waals surface area contributed by atoms with Crippen LogP contribution < -0.4 is 9.64 Å². The summed E-state index contributed by atoms with van der Waals surface area (Å²) in [4.78, 5) is 15.1. The van der Waals surface area contributed by atoms with Gasteiger partial charge in [-0.15, -0.1) is 13.2 Å². The summed E-state index contributed by atoms with van der Waals surface area (Å²) in [7, 11) is 1.37. The number of carboxylic acid groups (broad SMARTS) is 1. The quantitative estimate of drug-likeness (QED) is 0.252.